The van der Waals surface area contributed by atoms with Crippen LogP contribution in [0.15, 0.2) is 29.3 Å². The average molecular weight is 270 g/mol. The molecule has 2 N–H and O–H groups in total. The summed E-state index contributed by atoms with van der Waals surface area (Å²) in [6.45, 7) is 4.16. The van der Waals surface area contributed by atoms with E-state index in [1.807, 2.05) is 18.2 Å². The van der Waals surface area contributed by atoms with E-state index < -0.39 is 10.4 Å². The molecule has 1 aliphatic rings. The molecule has 0 saturated carbocycles. The minimum Gasteiger partial charge on any atom is -0.726 e. The molecule has 0 aliphatic carbocycles. The lowest BCUT2D eigenvalue weighted by Crippen LogP contribution is -2.65. The summed E-state index contributed by atoms with van der Waals surface area (Å²) < 4.78 is 32.8. The molecule has 0 amide bonds. The number of para-hydroxylation sites is 2. The summed E-state index contributed by atoms with van der Waals surface area (Å²) in [6.07, 6.45) is 0.939. The molecule has 0 fully saturated rings. The number of hydrogen-bond donors (Lipinski definition) is 2. The van der Waals surface area contributed by atoms with Crippen LogP contribution >= 0.6 is 0 Å². The Bertz CT molecular complexity index is 546. The summed E-state index contributed by atoms with van der Waals surface area (Å²) in [6, 6.07) is 8.12. The lowest BCUT2D eigenvalue weighted by molar-refractivity contribution is -0.354. The van der Waals surface area contributed by atoms with E-state index in [0.717, 1.165) is 23.5 Å². The fourth-order valence-electron chi connectivity index (χ4n) is 1.58. The molecule has 1 aromatic rings. The molecule has 98 valence electrons. The van der Waals surface area contributed by atoms with Gasteiger partial charge in [0, 0.05) is 18.7 Å². The smallest absolute Gasteiger partial charge is 0.229 e. The summed E-state index contributed by atoms with van der Waals surface area (Å²) in [7, 11) is -4.92. The number of nitrogens with one attached hydrogen (secondary N) is 1. The molecule has 0 radical (unpaired) electrons. The molecule has 6 nitrogen and oxygen atoms in total. The summed E-state index contributed by atoms with van der Waals surface area (Å²) >= 11 is 0. The van der Waals surface area contributed by atoms with Gasteiger partial charge in [-0.05, 0) is 13.0 Å². The van der Waals surface area contributed by atoms with E-state index in [1.54, 1.807) is 0 Å². The summed E-state index contributed by atoms with van der Waals surface area (Å²) in [4.78, 5) is 7.88. The Hall–Kier alpha value is -1.57. The second-order valence-electron chi connectivity index (χ2n) is 3.87. The van der Waals surface area contributed by atoms with E-state index in [0.29, 0.717) is 0 Å². The van der Waals surface area contributed by atoms with Gasteiger partial charge < -0.3 is 4.55 Å². The zero-order valence-electron chi connectivity index (χ0n) is 10.0. The number of benzene rings is 1. The van der Waals surface area contributed by atoms with Gasteiger partial charge in [0.15, 0.2) is 5.71 Å². The minimum absolute atomic E-state index is 0.939. The molecular formula is C11H14N2O4S. The third kappa shape index (κ3) is 5.67. The lowest BCUT2D eigenvalue weighted by atomic mass is 10.2. The van der Waals surface area contributed by atoms with Gasteiger partial charge in [0.1, 0.15) is 5.69 Å². The molecule has 1 aromatic carbocycles. The van der Waals surface area contributed by atoms with Crippen LogP contribution in [0.25, 0.3) is 0 Å². The Morgan fingerprint density at radius 3 is 2.50 bits per heavy atom. The van der Waals surface area contributed by atoms with Crippen molar-refractivity contribution in [2.45, 2.75) is 20.3 Å². The largest absolute Gasteiger partial charge is 0.726 e. The van der Waals surface area contributed by atoms with Crippen molar-refractivity contribution in [2.75, 3.05) is 0 Å². The van der Waals surface area contributed by atoms with Gasteiger partial charge in [0.05, 0.1) is 6.42 Å². The molecule has 0 bridgehead atoms. The number of fused-ring (bicyclic) bond motifs is 1. The number of rotatable bonds is 0. The maximum atomic E-state index is 8.63. The van der Waals surface area contributed by atoms with Crippen LogP contribution < -0.4 is 4.99 Å². The average Bonchev–Trinajstić information content (AvgIpc) is 2.31. The first-order valence-corrected chi connectivity index (χ1v) is 6.53. The Labute approximate surface area is 106 Å². The highest BCUT2D eigenvalue weighted by Crippen LogP contribution is 2.20. The maximum absolute atomic E-state index is 8.63. The highest BCUT2D eigenvalue weighted by atomic mass is 32.3. The van der Waals surface area contributed by atoms with Crippen LogP contribution in [0.2, 0.25) is 0 Å². The highest BCUT2D eigenvalue weighted by molar-refractivity contribution is 7.79. The fraction of sp³-hybridized carbons (Fsp3) is 0.273. The van der Waals surface area contributed by atoms with Crippen LogP contribution in [-0.4, -0.2) is 28.9 Å². The zero-order valence-corrected chi connectivity index (χ0v) is 10.9. The molecule has 1 aliphatic heterocycles. The van der Waals surface area contributed by atoms with Gasteiger partial charge in [-0.25, -0.2) is 13.4 Å². The first-order chi connectivity index (χ1) is 8.25. The van der Waals surface area contributed by atoms with Gasteiger partial charge >= 0.3 is 0 Å². The Morgan fingerprint density at radius 1 is 1.33 bits per heavy atom. The van der Waals surface area contributed by atoms with Gasteiger partial charge in [0.25, 0.3) is 0 Å². The summed E-state index contributed by atoms with van der Waals surface area (Å²) in [5.74, 6) is 0. The van der Waals surface area contributed by atoms with Gasteiger partial charge in [-0.15, -0.1) is 0 Å². The fourth-order valence-corrected chi connectivity index (χ4v) is 1.58. The first-order valence-electron chi connectivity index (χ1n) is 5.16. The minimum atomic E-state index is -4.92. The highest BCUT2D eigenvalue weighted by Gasteiger charge is 2.12. The van der Waals surface area contributed by atoms with Crippen LogP contribution in [0.1, 0.15) is 20.3 Å². The number of hydrogen-bond acceptors (Lipinski definition) is 4. The number of nitrogens with zero attached hydrogens (tertiary/aromatic N) is 1. The zero-order chi connectivity index (χ0) is 13.8. The summed E-state index contributed by atoms with van der Waals surface area (Å²) in [5.41, 5.74) is 4.56. The Balaban J connectivity index is 0.000000280. The van der Waals surface area contributed by atoms with Crippen molar-refractivity contribution in [3.8, 4) is 0 Å². The topological polar surface area (TPSA) is 104 Å². The summed E-state index contributed by atoms with van der Waals surface area (Å²) in [5, 5.41) is 0. The molecular weight excluding hydrogens is 256 g/mol. The lowest BCUT2D eigenvalue weighted by Gasteiger charge is -1.92. The molecule has 0 atom stereocenters. The maximum Gasteiger partial charge on any atom is 0.229 e. The van der Waals surface area contributed by atoms with E-state index in [4.69, 9.17) is 17.5 Å². The standard InChI is InChI=1S/C11H12N2.H2O4S/c1-8-7-9(2)13-11-6-4-3-5-10(11)12-8;1-5(2,3)4/h3-6H,7H2,1-2H3;(H2,1,2,3,4). The van der Waals surface area contributed by atoms with Crippen molar-refractivity contribution in [2.24, 2.45) is 4.99 Å². The molecule has 18 heavy (non-hydrogen) atoms. The quantitative estimate of drug-likeness (QED) is 0.524. The second kappa shape index (κ2) is 5.85. The van der Waals surface area contributed by atoms with E-state index >= 15 is 0 Å². The van der Waals surface area contributed by atoms with Crippen LogP contribution in [0.3, 0.4) is 0 Å². The van der Waals surface area contributed by atoms with Crippen molar-refractivity contribution in [3.63, 3.8) is 0 Å². The van der Waals surface area contributed by atoms with E-state index in [2.05, 4.69) is 29.9 Å². The van der Waals surface area contributed by atoms with E-state index in [1.165, 1.54) is 5.71 Å². The van der Waals surface area contributed by atoms with Gasteiger partial charge in [-0.2, -0.15) is 0 Å². The number of aliphatic imine (C=N–C) groups is 1. The van der Waals surface area contributed by atoms with Gasteiger partial charge in [-0.1, -0.05) is 12.1 Å². The molecule has 2 rings (SSSR count). The Morgan fingerprint density at radius 2 is 1.89 bits per heavy atom. The van der Waals surface area contributed by atoms with Crippen LogP contribution in [0, 0.1) is 0 Å². The first kappa shape index (κ1) is 14.5. The molecule has 0 unspecified atom stereocenters. The van der Waals surface area contributed by atoms with E-state index in [-0.39, 0.29) is 0 Å². The van der Waals surface area contributed by atoms with Crippen LogP contribution in [-0.2, 0) is 10.4 Å². The van der Waals surface area contributed by atoms with Gasteiger partial charge in [0.2, 0.25) is 16.1 Å². The van der Waals surface area contributed by atoms with Crippen molar-refractivity contribution >= 4 is 33.2 Å². The molecule has 0 spiro atoms. The molecule has 0 saturated heterocycles. The van der Waals surface area contributed by atoms with Gasteiger partial charge in [-0.3, -0.25) is 9.55 Å². The Kier molecular flexibility index (Phi) is 4.71. The van der Waals surface area contributed by atoms with Crippen molar-refractivity contribution < 1.29 is 22.5 Å². The molecule has 1 heterocycles. The molecule has 7 heteroatoms. The third-order valence-electron chi connectivity index (χ3n) is 2.08. The van der Waals surface area contributed by atoms with Crippen molar-refractivity contribution in [1.29, 1.82) is 0 Å². The van der Waals surface area contributed by atoms with E-state index in [9.17, 15) is 0 Å². The normalized spacial score (nSPS) is 14.4. The molecule has 0 aromatic heterocycles. The second-order valence-corrected chi connectivity index (χ2v) is 4.73. The van der Waals surface area contributed by atoms with Crippen LogP contribution in [0.4, 0.5) is 11.4 Å². The monoisotopic (exact) mass is 270 g/mol. The van der Waals surface area contributed by atoms with Crippen LogP contribution in [0.5, 0.6) is 0 Å². The predicted molar refractivity (Wildman–Crippen MR) is 67.5 cm³/mol. The van der Waals surface area contributed by atoms with Crippen molar-refractivity contribution in [3.05, 3.63) is 24.3 Å². The third-order valence-corrected chi connectivity index (χ3v) is 2.08. The SMILES string of the molecule is CC1=Nc2ccccc2[NH+]=C(C)C1.O=S(=O)([O-])O. The predicted octanol–water partition coefficient (Wildman–Crippen LogP) is 0.360. The van der Waals surface area contributed by atoms with Crippen molar-refractivity contribution in [1.82, 2.24) is 0 Å².